The van der Waals surface area contributed by atoms with Crippen LogP contribution in [0.25, 0.3) is 11.6 Å². The molecule has 5 heteroatoms. The molecule has 2 amide bonds. The number of aromatic nitrogens is 1. The summed E-state index contributed by atoms with van der Waals surface area (Å²) in [5.74, 6) is -0.632. The minimum absolute atomic E-state index is 0.303. The fourth-order valence-electron chi connectivity index (χ4n) is 3.09. The van der Waals surface area contributed by atoms with Gasteiger partial charge in [0, 0.05) is 16.5 Å². The van der Waals surface area contributed by atoms with Crippen LogP contribution in [0.3, 0.4) is 0 Å². The molecule has 4 nitrogen and oxygen atoms in total. The van der Waals surface area contributed by atoms with Gasteiger partial charge < -0.3 is 0 Å². The predicted octanol–water partition coefficient (Wildman–Crippen LogP) is 4.49. The van der Waals surface area contributed by atoms with Gasteiger partial charge in [0.2, 0.25) is 0 Å². The first-order valence-corrected chi connectivity index (χ1v) is 9.11. The lowest BCUT2D eigenvalue weighted by Gasteiger charge is -2.28. The number of hydrogen-bond acceptors (Lipinski definition) is 4. The fraction of sp³-hybridized carbons (Fsp3) is 0.0952. The first-order valence-electron chi connectivity index (χ1n) is 8.23. The smallest absolute Gasteiger partial charge is 0.266 e. The largest absolute Gasteiger partial charge is 0.268 e. The Morgan fingerprint density at radius 1 is 0.962 bits per heavy atom. The molecule has 0 atom stereocenters. The van der Waals surface area contributed by atoms with Crippen molar-refractivity contribution >= 4 is 40.5 Å². The molecule has 1 aliphatic rings. The zero-order chi connectivity index (χ0) is 18.3. The molecule has 0 N–H and O–H groups in total. The molecule has 0 saturated carbocycles. The third-order valence-corrected chi connectivity index (χ3v) is 5.06. The Morgan fingerprint density at radius 3 is 2.42 bits per heavy atom. The first kappa shape index (κ1) is 16.4. The van der Waals surface area contributed by atoms with Gasteiger partial charge in [0.1, 0.15) is 0 Å². The highest BCUT2D eigenvalue weighted by molar-refractivity contribution is 7.09. The summed E-state index contributed by atoms with van der Waals surface area (Å²) in [6.45, 7) is 3.86. The van der Waals surface area contributed by atoms with Crippen LogP contribution in [0.1, 0.15) is 32.2 Å². The Bertz CT molecular complexity index is 1070. The molecule has 0 fully saturated rings. The Balaban J connectivity index is 1.91. The molecule has 2 aromatic carbocycles. The van der Waals surface area contributed by atoms with Gasteiger partial charge in [-0.3, -0.25) is 9.59 Å². The molecule has 1 aromatic heterocycles. The number of carbonyl (C=O) groups is 2. The van der Waals surface area contributed by atoms with E-state index in [0.717, 1.165) is 16.3 Å². The van der Waals surface area contributed by atoms with Gasteiger partial charge in [0.15, 0.2) is 0 Å². The van der Waals surface area contributed by atoms with Crippen LogP contribution in [0.2, 0.25) is 0 Å². The van der Waals surface area contributed by atoms with E-state index in [0.29, 0.717) is 22.4 Å². The lowest BCUT2D eigenvalue weighted by molar-refractivity contribution is -0.112. The SMILES string of the molecule is Cc1cccc(N2C(=O)/C(=C/c3csc(C)n3)c3ccccc3C2=O)c1. The molecule has 0 bridgehead atoms. The van der Waals surface area contributed by atoms with Gasteiger partial charge in [-0.15, -0.1) is 11.3 Å². The van der Waals surface area contributed by atoms with Gasteiger partial charge in [0.05, 0.1) is 22.0 Å². The summed E-state index contributed by atoms with van der Waals surface area (Å²) in [5, 5.41) is 2.84. The van der Waals surface area contributed by atoms with E-state index in [9.17, 15) is 9.59 Å². The van der Waals surface area contributed by atoms with E-state index in [4.69, 9.17) is 0 Å². The number of hydrogen-bond donors (Lipinski definition) is 0. The van der Waals surface area contributed by atoms with Crippen molar-refractivity contribution in [2.24, 2.45) is 0 Å². The molecule has 0 spiro atoms. The Labute approximate surface area is 155 Å². The third kappa shape index (κ3) is 2.76. The second kappa shape index (κ2) is 6.35. The van der Waals surface area contributed by atoms with Gasteiger partial charge >= 0.3 is 0 Å². The maximum Gasteiger partial charge on any atom is 0.266 e. The zero-order valence-corrected chi connectivity index (χ0v) is 15.2. The maximum absolute atomic E-state index is 13.2. The molecule has 0 radical (unpaired) electrons. The van der Waals surface area contributed by atoms with Crippen molar-refractivity contribution < 1.29 is 9.59 Å². The topological polar surface area (TPSA) is 50.3 Å². The number of rotatable bonds is 2. The van der Waals surface area contributed by atoms with Crippen molar-refractivity contribution in [3.8, 4) is 0 Å². The molecule has 128 valence electrons. The van der Waals surface area contributed by atoms with Crippen molar-refractivity contribution in [1.29, 1.82) is 0 Å². The number of amides is 2. The van der Waals surface area contributed by atoms with Crippen molar-refractivity contribution in [3.05, 3.63) is 81.3 Å². The number of thiazole rings is 1. The molecular weight excluding hydrogens is 344 g/mol. The van der Waals surface area contributed by atoms with E-state index < -0.39 is 0 Å². The number of anilines is 1. The van der Waals surface area contributed by atoms with Gasteiger partial charge in [0.25, 0.3) is 11.8 Å². The van der Waals surface area contributed by atoms with E-state index in [2.05, 4.69) is 4.98 Å². The quantitative estimate of drug-likeness (QED) is 0.500. The first-order chi connectivity index (χ1) is 12.5. The molecule has 0 saturated heterocycles. The standard InChI is InChI=1S/C21H16N2O2S/c1-13-6-5-7-16(10-13)23-20(24)18-9-4-3-8-17(18)19(21(23)25)11-15-12-26-14(2)22-15/h3-12H,1-2H3/b19-11+. The molecule has 4 rings (SSSR count). The lowest BCUT2D eigenvalue weighted by Crippen LogP contribution is -2.41. The van der Waals surface area contributed by atoms with E-state index in [1.54, 1.807) is 18.2 Å². The zero-order valence-electron chi connectivity index (χ0n) is 14.4. The van der Waals surface area contributed by atoms with Gasteiger partial charge in [-0.1, -0.05) is 30.3 Å². The molecule has 2 heterocycles. The minimum Gasteiger partial charge on any atom is -0.268 e. The molecule has 1 aliphatic heterocycles. The van der Waals surface area contributed by atoms with Crippen LogP contribution in [-0.4, -0.2) is 16.8 Å². The van der Waals surface area contributed by atoms with Crippen LogP contribution in [-0.2, 0) is 4.79 Å². The number of imide groups is 1. The summed E-state index contributed by atoms with van der Waals surface area (Å²) >= 11 is 1.53. The van der Waals surface area contributed by atoms with E-state index in [-0.39, 0.29) is 11.8 Å². The summed E-state index contributed by atoms with van der Waals surface area (Å²) in [7, 11) is 0. The lowest BCUT2D eigenvalue weighted by atomic mass is 9.92. The van der Waals surface area contributed by atoms with Crippen molar-refractivity contribution in [1.82, 2.24) is 4.98 Å². The number of carbonyl (C=O) groups excluding carboxylic acids is 2. The van der Waals surface area contributed by atoms with E-state index >= 15 is 0 Å². The molecule has 0 aliphatic carbocycles. The van der Waals surface area contributed by atoms with Crippen molar-refractivity contribution in [2.45, 2.75) is 13.8 Å². The molecule has 0 unspecified atom stereocenters. The second-order valence-electron chi connectivity index (χ2n) is 6.18. The Kier molecular flexibility index (Phi) is 4.01. The summed E-state index contributed by atoms with van der Waals surface area (Å²) in [6.07, 6.45) is 1.76. The van der Waals surface area contributed by atoms with Crippen LogP contribution in [0.15, 0.2) is 53.9 Å². The molecule has 3 aromatic rings. The highest BCUT2D eigenvalue weighted by Gasteiger charge is 2.35. The summed E-state index contributed by atoms with van der Waals surface area (Å²) in [4.78, 5) is 31.9. The van der Waals surface area contributed by atoms with Crippen LogP contribution in [0.4, 0.5) is 5.69 Å². The van der Waals surface area contributed by atoms with Gasteiger partial charge in [-0.25, -0.2) is 9.88 Å². The van der Waals surface area contributed by atoms with Gasteiger partial charge in [-0.05, 0) is 43.7 Å². The van der Waals surface area contributed by atoms with Gasteiger partial charge in [-0.2, -0.15) is 0 Å². The predicted molar refractivity (Wildman–Crippen MR) is 104 cm³/mol. The van der Waals surface area contributed by atoms with Crippen LogP contribution in [0, 0.1) is 13.8 Å². The summed E-state index contributed by atoms with van der Waals surface area (Å²) in [5.41, 5.74) is 3.94. The van der Waals surface area contributed by atoms with Crippen molar-refractivity contribution in [2.75, 3.05) is 4.90 Å². The number of aryl methyl sites for hydroxylation is 2. The Hall–Kier alpha value is -3.05. The second-order valence-corrected chi connectivity index (χ2v) is 7.24. The average molecular weight is 360 g/mol. The summed E-state index contributed by atoms with van der Waals surface area (Å²) in [6, 6.07) is 14.6. The average Bonchev–Trinajstić information content (AvgIpc) is 3.04. The van der Waals surface area contributed by atoms with Crippen LogP contribution < -0.4 is 4.90 Å². The van der Waals surface area contributed by atoms with Crippen molar-refractivity contribution in [3.63, 3.8) is 0 Å². The third-order valence-electron chi connectivity index (χ3n) is 4.27. The highest BCUT2D eigenvalue weighted by atomic mass is 32.1. The normalized spacial score (nSPS) is 15.5. The fourth-order valence-corrected chi connectivity index (χ4v) is 3.66. The monoisotopic (exact) mass is 360 g/mol. The highest BCUT2D eigenvalue weighted by Crippen LogP contribution is 2.33. The maximum atomic E-state index is 13.2. The number of benzene rings is 2. The summed E-state index contributed by atoms with van der Waals surface area (Å²) < 4.78 is 0. The number of nitrogens with zero attached hydrogens (tertiary/aromatic N) is 2. The van der Waals surface area contributed by atoms with Crippen LogP contribution in [0.5, 0.6) is 0 Å². The Morgan fingerprint density at radius 2 is 1.73 bits per heavy atom. The van der Waals surface area contributed by atoms with E-state index in [1.807, 2.05) is 55.6 Å². The minimum atomic E-state index is -0.329. The number of fused-ring (bicyclic) bond motifs is 1. The molecule has 26 heavy (non-hydrogen) atoms. The van der Waals surface area contributed by atoms with E-state index in [1.165, 1.54) is 16.2 Å². The molecular formula is C21H16N2O2S. The van der Waals surface area contributed by atoms with Crippen LogP contribution >= 0.6 is 11.3 Å².